The first-order valence-electron chi connectivity index (χ1n) is 4.05. The van der Waals surface area contributed by atoms with E-state index in [0.29, 0.717) is 12.3 Å². The van der Waals surface area contributed by atoms with Crippen LogP contribution < -0.4 is 0 Å². The van der Waals surface area contributed by atoms with Crippen molar-refractivity contribution in [2.75, 3.05) is 0 Å². The van der Waals surface area contributed by atoms with Gasteiger partial charge in [0.2, 0.25) is 0 Å². The topological polar surface area (TPSA) is 68.3 Å². The van der Waals surface area contributed by atoms with Crippen LogP contribution in [0.25, 0.3) is 0 Å². The molecule has 0 bridgehead atoms. The lowest BCUT2D eigenvalue weighted by Crippen LogP contribution is -2.07. The van der Waals surface area contributed by atoms with Crippen LogP contribution in [0.4, 0.5) is 0 Å². The molecule has 0 aliphatic rings. The number of hydrogen-bond donors (Lipinski definition) is 1. The Kier molecular flexibility index (Phi) is 2.06. The minimum Gasteiger partial charge on any atom is -0.477 e. The van der Waals surface area contributed by atoms with Gasteiger partial charge in [-0.25, -0.2) is 4.79 Å². The standard InChI is InChI=1S/C9H8N2O3/c12-9(13)8-2-1-5-11(8)6-7-3-4-10-14-7/h1-5H,6H2,(H,12,13). The molecule has 0 atom stereocenters. The molecule has 0 fully saturated rings. The molecule has 0 unspecified atom stereocenters. The molecule has 0 spiro atoms. The highest BCUT2D eigenvalue weighted by atomic mass is 16.5. The lowest BCUT2D eigenvalue weighted by Gasteiger charge is -2.01. The van der Waals surface area contributed by atoms with Crippen molar-refractivity contribution in [3.8, 4) is 0 Å². The van der Waals surface area contributed by atoms with Gasteiger partial charge in [-0.05, 0) is 12.1 Å². The summed E-state index contributed by atoms with van der Waals surface area (Å²) in [4.78, 5) is 10.7. The highest BCUT2D eigenvalue weighted by Crippen LogP contribution is 2.06. The molecular weight excluding hydrogens is 184 g/mol. The number of carbonyl (C=O) groups is 1. The molecule has 2 rings (SSSR count). The quantitative estimate of drug-likeness (QED) is 0.793. The van der Waals surface area contributed by atoms with Crippen LogP contribution in [0, 0.1) is 0 Å². The fraction of sp³-hybridized carbons (Fsp3) is 0.111. The first kappa shape index (κ1) is 8.55. The van der Waals surface area contributed by atoms with Crippen LogP contribution in [0.2, 0.25) is 0 Å². The summed E-state index contributed by atoms with van der Waals surface area (Å²) in [5.74, 6) is -0.321. The van der Waals surface area contributed by atoms with Gasteiger partial charge in [0.15, 0.2) is 5.76 Å². The van der Waals surface area contributed by atoms with Gasteiger partial charge in [0.25, 0.3) is 0 Å². The maximum absolute atomic E-state index is 10.7. The van der Waals surface area contributed by atoms with Gasteiger partial charge in [-0.2, -0.15) is 0 Å². The summed E-state index contributed by atoms with van der Waals surface area (Å²) in [6.45, 7) is 0.384. The average molecular weight is 192 g/mol. The summed E-state index contributed by atoms with van der Waals surface area (Å²) in [6, 6.07) is 4.92. The van der Waals surface area contributed by atoms with Crippen LogP contribution in [0.3, 0.4) is 0 Å². The third-order valence-electron chi connectivity index (χ3n) is 1.87. The summed E-state index contributed by atoms with van der Waals surface area (Å²) < 4.78 is 6.46. The SMILES string of the molecule is O=C(O)c1cccn1Cc1ccno1. The van der Waals surface area contributed by atoms with Crippen molar-refractivity contribution < 1.29 is 14.4 Å². The molecule has 2 aromatic heterocycles. The van der Waals surface area contributed by atoms with Crippen molar-refractivity contribution in [1.82, 2.24) is 9.72 Å². The Bertz CT molecular complexity index is 431. The fourth-order valence-electron chi connectivity index (χ4n) is 1.24. The zero-order chi connectivity index (χ0) is 9.97. The summed E-state index contributed by atoms with van der Waals surface area (Å²) in [5.41, 5.74) is 0.237. The van der Waals surface area contributed by atoms with Gasteiger partial charge in [-0.3, -0.25) is 0 Å². The molecule has 0 aliphatic carbocycles. The molecule has 0 aliphatic heterocycles. The van der Waals surface area contributed by atoms with E-state index < -0.39 is 5.97 Å². The van der Waals surface area contributed by atoms with Gasteiger partial charge in [0.05, 0.1) is 12.7 Å². The Labute approximate surface area is 79.6 Å². The van der Waals surface area contributed by atoms with Gasteiger partial charge >= 0.3 is 5.97 Å². The fourth-order valence-corrected chi connectivity index (χ4v) is 1.24. The Balaban J connectivity index is 2.25. The van der Waals surface area contributed by atoms with Crippen LogP contribution in [0.5, 0.6) is 0 Å². The highest BCUT2D eigenvalue weighted by molar-refractivity contribution is 5.85. The number of aromatic carboxylic acids is 1. The van der Waals surface area contributed by atoms with Gasteiger partial charge in [-0.15, -0.1) is 0 Å². The average Bonchev–Trinajstić information content (AvgIpc) is 2.75. The normalized spacial score (nSPS) is 10.3. The third kappa shape index (κ3) is 1.52. The maximum Gasteiger partial charge on any atom is 0.352 e. The van der Waals surface area contributed by atoms with Crippen molar-refractivity contribution in [2.24, 2.45) is 0 Å². The van der Waals surface area contributed by atoms with Crippen LogP contribution in [0.1, 0.15) is 16.2 Å². The van der Waals surface area contributed by atoms with E-state index in [9.17, 15) is 4.79 Å². The molecule has 0 amide bonds. The molecular formula is C9H8N2O3. The van der Waals surface area contributed by atoms with E-state index in [0.717, 1.165) is 0 Å². The Morgan fingerprint density at radius 2 is 2.43 bits per heavy atom. The minimum atomic E-state index is -0.950. The van der Waals surface area contributed by atoms with E-state index in [2.05, 4.69) is 5.16 Å². The second kappa shape index (κ2) is 3.37. The van der Waals surface area contributed by atoms with Crippen LogP contribution >= 0.6 is 0 Å². The summed E-state index contributed by atoms with van der Waals surface area (Å²) >= 11 is 0. The molecule has 0 saturated carbocycles. The number of carboxylic acid groups (broad SMARTS) is 1. The second-order valence-electron chi connectivity index (χ2n) is 2.81. The van der Waals surface area contributed by atoms with Gasteiger partial charge in [0, 0.05) is 12.3 Å². The van der Waals surface area contributed by atoms with Gasteiger partial charge < -0.3 is 14.2 Å². The number of carboxylic acids is 1. The van der Waals surface area contributed by atoms with Crippen molar-refractivity contribution in [1.29, 1.82) is 0 Å². The third-order valence-corrected chi connectivity index (χ3v) is 1.87. The number of aromatic nitrogens is 2. The molecule has 0 radical (unpaired) electrons. The second-order valence-corrected chi connectivity index (χ2v) is 2.81. The minimum absolute atomic E-state index is 0.237. The Morgan fingerprint density at radius 3 is 3.07 bits per heavy atom. The monoisotopic (exact) mass is 192 g/mol. The Hall–Kier alpha value is -2.04. The highest BCUT2D eigenvalue weighted by Gasteiger charge is 2.09. The molecule has 72 valence electrons. The first-order valence-corrected chi connectivity index (χ1v) is 4.05. The van der Waals surface area contributed by atoms with Crippen LogP contribution in [0.15, 0.2) is 35.1 Å². The molecule has 0 saturated heterocycles. The lowest BCUT2D eigenvalue weighted by atomic mass is 10.4. The molecule has 2 heterocycles. The van der Waals surface area contributed by atoms with Crippen molar-refractivity contribution in [3.05, 3.63) is 42.0 Å². The van der Waals surface area contributed by atoms with E-state index in [4.69, 9.17) is 9.63 Å². The molecule has 5 heteroatoms. The number of hydrogen-bond acceptors (Lipinski definition) is 3. The zero-order valence-electron chi connectivity index (χ0n) is 7.25. The molecule has 14 heavy (non-hydrogen) atoms. The lowest BCUT2D eigenvalue weighted by molar-refractivity contribution is 0.0685. The maximum atomic E-state index is 10.7. The number of nitrogens with zero attached hydrogens (tertiary/aromatic N) is 2. The van der Waals surface area contributed by atoms with E-state index in [1.165, 1.54) is 6.20 Å². The summed E-state index contributed by atoms with van der Waals surface area (Å²) in [7, 11) is 0. The van der Waals surface area contributed by atoms with E-state index in [1.54, 1.807) is 29.0 Å². The van der Waals surface area contributed by atoms with Gasteiger partial charge in [0.1, 0.15) is 5.69 Å². The largest absolute Gasteiger partial charge is 0.477 e. The predicted octanol–water partition coefficient (Wildman–Crippen LogP) is 1.22. The van der Waals surface area contributed by atoms with E-state index in [-0.39, 0.29) is 5.69 Å². The van der Waals surface area contributed by atoms with Crippen LogP contribution in [-0.4, -0.2) is 20.8 Å². The van der Waals surface area contributed by atoms with Crippen molar-refractivity contribution in [2.45, 2.75) is 6.54 Å². The van der Waals surface area contributed by atoms with Crippen molar-refractivity contribution in [3.63, 3.8) is 0 Å². The first-order chi connectivity index (χ1) is 6.77. The summed E-state index contributed by atoms with van der Waals surface area (Å²) in [5, 5.41) is 12.4. The van der Waals surface area contributed by atoms with Crippen molar-refractivity contribution >= 4 is 5.97 Å². The molecule has 0 aromatic carbocycles. The number of rotatable bonds is 3. The molecule has 1 N–H and O–H groups in total. The van der Waals surface area contributed by atoms with E-state index >= 15 is 0 Å². The summed E-state index contributed by atoms with van der Waals surface area (Å²) in [6.07, 6.45) is 3.21. The molecule has 5 nitrogen and oxygen atoms in total. The van der Waals surface area contributed by atoms with Crippen LogP contribution in [-0.2, 0) is 6.54 Å². The predicted molar refractivity (Wildman–Crippen MR) is 47.0 cm³/mol. The van der Waals surface area contributed by atoms with E-state index in [1.807, 2.05) is 0 Å². The Morgan fingerprint density at radius 1 is 1.57 bits per heavy atom. The molecule has 2 aromatic rings. The zero-order valence-corrected chi connectivity index (χ0v) is 7.25. The van der Waals surface area contributed by atoms with Gasteiger partial charge in [-0.1, -0.05) is 5.16 Å². The smallest absolute Gasteiger partial charge is 0.352 e.